The van der Waals surface area contributed by atoms with Crippen LogP contribution < -0.4 is 10.2 Å². The minimum Gasteiger partial charge on any atom is -0.355 e. The van der Waals surface area contributed by atoms with Crippen LogP contribution in [0.4, 0.5) is 20.3 Å². The molecule has 1 aliphatic rings. The summed E-state index contributed by atoms with van der Waals surface area (Å²) >= 11 is 0. The lowest BCUT2D eigenvalue weighted by Crippen LogP contribution is -2.52. The second-order valence-corrected chi connectivity index (χ2v) is 5.79. The zero-order valence-electron chi connectivity index (χ0n) is 13.4. The predicted octanol–water partition coefficient (Wildman–Crippen LogP) is 1.41. The first kappa shape index (κ1) is 16.1. The Hall–Kier alpha value is -3.43. The van der Waals surface area contributed by atoms with Crippen LogP contribution in [0.15, 0.2) is 43.2 Å². The number of benzene rings is 1. The van der Waals surface area contributed by atoms with Crippen LogP contribution >= 0.6 is 0 Å². The van der Waals surface area contributed by atoms with Crippen molar-refractivity contribution < 1.29 is 13.6 Å². The summed E-state index contributed by atoms with van der Waals surface area (Å²) in [5, 5.41) is 6.43. The highest BCUT2D eigenvalue weighted by molar-refractivity contribution is 5.94. The summed E-state index contributed by atoms with van der Waals surface area (Å²) in [5.74, 6) is -0.796. The van der Waals surface area contributed by atoms with Crippen molar-refractivity contribution in [2.24, 2.45) is 5.92 Å². The van der Waals surface area contributed by atoms with Crippen molar-refractivity contribution in [1.82, 2.24) is 24.7 Å². The van der Waals surface area contributed by atoms with Gasteiger partial charge >= 0.3 is 0 Å². The fourth-order valence-electron chi connectivity index (χ4n) is 2.62. The van der Waals surface area contributed by atoms with Crippen LogP contribution in [0, 0.1) is 17.6 Å². The quantitative estimate of drug-likeness (QED) is 0.760. The van der Waals surface area contributed by atoms with Gasteiger partial charge in [0.15, 0.2) is 5.82 Å². The molecule has 0 unspecified atom stereocenters. The highest BCUT2D eigenvalue weighted by Gasteiger charge is 2.34. The molecular weight excluding hydrogens is 344 g/mol. The Morgan fingerprint density at radius 1 is 1.12 bits per heavy atom. The number of carbonyl (C=O) groups excluding carboxylic acids is 1. The average molecular weight is 357 g/mol. The van der Waals surface area contributed by atoms with Gasteiger partial charge in [0.2, 0.25) is 5.91 Å². The summed E-state index contributed by atoms with van der Waals surface area (Å²) in [5.41, 5.74) is -0.163. The number of anilines is 2. The molecule has 8 nitrogen and oxygen atoms in total. The molecule has 1 aromatic carbocycles. The third kappa shape index (κ3) is 3.08. The molecule has 0 atom stereocenters. The Morgan fingerprint density at radius 2 is 1.92 bits per heavy atom. The minimum absolute atomic E-state index is 0.163. The highest BCUT2D eigenvalue weighted by atomic mass is 19.1. The van der Waals surface area contributed by atoms with E-state index in [-0.39, 0.29) is 17.5 Å². The SMILES string of the molecule is O=C(Nc1cc(F)ccc1F)C1CN(c2cc(-n3cncn3)ncn2)C1. The largest absolute Gasteiger partial charge is 0.355 e. The van der Waals surface area contributed by atoms with Gasteiger partial charge in [0.05, 0.1) is 11.6 Å². The molecule has 1 aliphatic heterocycles. The van der Waals surface area contributed by atoms with Gasteiger partial charge in [-0.1, -0.05) is 0 Å². The number of rotatable bonds is 4. The van der Waals surface area contributed by atoms with E-state index in [1.807, 2.05) is 4.90 Å². The van der Waals surface area contributed by atoms with Gasteiger partial charge in [0.25, 0.3) is 0 Å². The van der Waals surface area contributed by atoms with Crippen molar-refractivity contribution in [3.8, 4) is 5.82 Å². The number of carbonyl (C=O) groups is 1. The number of aromatic nitrogens is 5. The molecule has 0 bridgehead atoms. The van der Waals surface area contributed by atoms with Crippen molar-refractivity contribution in [3.63, 3.8) is 0 Å². The first-order chi connectivity index (χ1) is 12.6. The van der Waals surface area contributed by atoms with E-state index < -0.39 is 11.6 Å². The number of nitrogens with zero attached hydrogens (tertiary/aromatic N) is 6. The molecule has 4 rings (SSSR count). The van der Waals surface area contributed by atoms with Crippen LogP contribution in [0.1, 0.15) is 0 Å². The number of hydrogen-bond acceptors (Lipinski definition) is 6. The Labute approximate surface area is 146 Å². The average Bonchev–Trinajstić information content (AvgIpc) is 3.12. The van der Waals surface area contributed by atoms with Crippen molar-refractivity contribution in [2.45, 2.75) is 0 Å². The second kappa shape index (κ2) is 6.47. The number of amides is 1. The lowest BCUT2D eigenvalue weighted by atomic mass is 9.99. The molecule has 0 saturated carbocycles. The van der Waals surface area contributed by atoms with Crippen LogP contribution in [0.3, 0.4) is 0 Å². The van der Waals surface area contributed by atoms with Crippen molar-refractivity contribution in [1.29, 1.82) is 0 Å². The molecule has 1 saturated heterocycles. The zero-order chi connectivity index (χ0) is 18.1. The van der Waals surface area contributed by atoms with Gasteiger partial charge in [0.1, 0.15) is 36.4 Å². The summed E-state index contributed by atoms with van der Waals surface area (Å²) in [7, 11) is 0. The molecule has 1 amide bonds. The molecule has 132 valence electrons. The van der Waals surface area contributed by atoms with Gasteiger partial charge in [-0.2, -0.15) is 5.10 Å². The third-order valence-corrected chi connectivity index (χ3v) is 4.05. The van der Waals surface area contributed by atoms with Crippen molar-refractivity contribution >= 4 is 17.4 Å². The van der Waals surface area contributed by atoms with Crippen LogP contribution in [-0.4, -0.2) is 43.7 Å². The lowest BCUT2D eigenvalue weighted by molar-refractivity contribution is -0.120. The van der Waals surface area contributed by atoms with Crippen molar-refractivity contribution in [2.75, 3.05) is 23.3 Å². The first-order valence-corrected chi connectivity index (χ1v) is 7.78. The predicted molar refractivity (Wildman–Crippen MR) is 87.6 cm³/mol. The fraction of sp³-hybridized carbons (Fsp3) is 0.188. The Morgan fingerprint density at radius 3 is 2.69 bits per heavy atom. The first-order valence-electron chi connectivity index (χ1n) is 7.78. The number of hydrogen-bond donors (Lipinski definition) is 1. The summed E-state index contributed by atoms with van der Waals surface area (Å²) in [4.78, 5) is 26.3. The number of halogens is 2. The Balaban J connectivity index is 1.40. The van der Waals surface area contributed by atoms with Gasteiger partial charge in [0, 0.05) is 25.2 Å². The van der Waals surface area contributed by atoms with Gasteiger partial charge < -0.3 is 10.2 Å². The zero-order valence-corrected chi connectivity index (χ0v) is 13.4. The van der Waals surface area contributed by atoms with E-state index in [1.54, 1.807) is 6.07 Å². The van der Waals surface area contributed by atoms with E-state index in [0.717, 1.165) is 18.2 Å². The molecule has 0 radical (unpaired) electrons. The van der Waals surface area contributed by atoms with Gasteiger partial charge in [-0.3, -0.25) is 4.79 Å². The summed E-state index contributed by atoms with van der Waals surface area (Å²) in [6, 6.07) is 4.66. The van der Waals surface area contributed by atoms with E-state index in [2.05, 4.69) is 25.4 Å². The van der Waals surface area contributed by atoms with E-state index in [1.165, 1.54) is 23.7 Å². The lowest BCUT2D eigenvalue weighted by Gasteiger charge is -2.39. The molecule has 26 heavy (non-hydrogen) atoms. The Bertz CT molecular complexity index is 942. The van der Waals surface area contributed by atoms with Crippen LogP contribution in [0.25, 0.3) is 5.82 Å². The van der Waals surface area contributed by atoms with Crippen LogP contribution in [0.5, 0.6) is 0 Å². The molecule has 0 aliphatic carbocycles. The van der Waals surface area contributed by atoms with Crippen molar-refractivity contribution in [3.05, 3.63) is 54.9 Å². The monoisotopic (exact) mass is 357 g/mol. The summed E-state index contributed by atoms with van der Waals surface area (Å²) in [6.45, 7) is 0.827. The molecule has 3 aromatic rings. The fourth-order valence-corrected chi connectivity index (χ4v) is 2.62. The molecule has 3 heterocycles. The van der Waals surface area contributed by atoms with Gasteiger partial charge in [-0.05, 0) is 12.1 Å². The maximum atomic E-state index is 13.6. The highest BCUT2D eigenvalue weighted by Crippen LogP contribution is 2.25. The standard InChI is InChI=1S/C16H13F2N7O/c17-11-1-2-12(18)13(3-11)23-16(26)10-5-24(6-10)14-4-15(21-8-20-14)25-9-19-7-22-25/h1-4,7-10H,5-6H2,(H,23,26). The summed E-state index contributed by atoms with van der Waals surface area (Å²) in [6.07, 6.45) is 4.32. The molecule has 0 spiro atoms. The third-order valence-electron chi connectivity index (χ3n) is 4.05. The molecule has 1 fully saturated rings. The Kier molecular flexibility index (Phi) is 3.99. The number of nitrogens with one attached hydrogen (secondary N) is 1. The van der Waals surface area contributed by atoms with E-state index in [9.17, 15) is 13.6 Å². The van der Waals surface area contributed by atoms with Gasteiger partial charge in [-0.25, -0.2) is 28.4 Å². The van der Waals surface area contributed by atoms with Crippen LogP contribution in [-0.2, 0) is 4.79 Å². The van der Waals surface area contributed by atoms with Gasteiger partial charge in [-0.15, -0.1) is 0 Å². The normalized spacial score (nSPS) is 14.2. The van der Waals surface area contributed by atoms with E-state index in [4.69, 9.17) is 0 Å². The maximum Gasteiger partial charge on any atom is 0.231 e. The maximum absolute atomic E-state index is 13.6. The smallest absolute Gasteiger partial charge is 0.231 e. The van der Waals surface area contributed by atoms with Crippen LogP contribution in [0.2, 0.25) is 0 Å². The summed E-state index contributed by atoms with van der Waals surface area (Å²) < 4.78 is 28.3. The van der Waals surface area contributed by atoms with E-state index >= 15 is 0 Å². The second-order valence-electron chi connectivity index (χ2n) is 5.79. The molecule has 10 heteroatoms. The minimum atomic E-state index is -0.677. The molecule has 1 N–H and O–H groups in total. The molecular formula is C16H13F2N7O. The van der Waals surface area contributed by atoms with E-state index in [0.29, 0.717) is 24.7 Å². The topological polar surface area (TPSA) is 88.8 Å². The molecule has 2 aromatic heterocycles.